The lowest BCUT2D eigenvalue weighted by atomic mass is 9.60. The molecule has 2 bridgehead atoms. The summed E-state index contributed by atoms with van der Waals surface area (Å²) < 4.78 is 22.4. The minimum atomic E-state index is -1.33. The van der Waals surface area contributed by atoms with Crippen molar-refractivity contribution >= 4 is 29.7 Å². The highest BCUT2D eigenvalue weighted by molar-refractivity contribution is 6.01. The number of ether oxygens (including phenoxy) is 4. The van der Waals surface area contributed by atoms with Crippen LogP contribution in [0.2, 0.25) is 0 Å². The summed E-state index contributed by atoms with van der Waals surface area (Å²) in [5.74, 6) is -3.52. The van der Waals surface area contributed by atoms with Gasteiger partial charge in [-0.2, -0.15) is 0 Å². The maximum atomic E-state index is 13.8. The first-order valence-corrected chi connectivity index (χ1v) is 12.5. The second-order valence-corrected chi connectivity index (χ2v) is 10.3. The summed E-state index contributed by atoms with van der Waals surface area (Å²) in [6.07, 6.45) is -0.686. The molecule has 0 heterocycles. The topological polar surface area (TPSA) is 143 Å². The van der Waals surface area contributed by atoms with Crippen LogP contribution in [-0.2, 0) is 42.9 Å². The molecule has 2 aliphatic rings. The molecule has 38 heavy (non-hydrogen) atoms. The van der Waals surface area contributed by atoms with Crippen LogP contribution in [0, 0.1) is 11.3 Å². The van der Waals surface area contributed by atoms with Gasteiger partial charge >= 0.3 is 23.9 Å². The molecule has 0 aromatic carbocycles. The van der Waals surface area contributed by atoms with Crippen molar-refractivity contribution in [1.29, 1.82) is 0 Å². The lowest BCUT2D eigenvalue weighted by Gasteiger charge is -2.48. The van der Waals surface area contributed by atoms with E-state index in [2.05, 4.69) is 0 Å². The Morgan fingerprint density at radius 1 is 0.895 bits per heavy atom. The van der Waals surface area contributed by atoms with Gasteiger partial charge in [-0.1, -0.05) is 19.9 Å². The van der Waals surface area contributed by atoms with E-state index in [9.17, 15) is 29.1 Å². The number of aliphatic hydroxyl groups is 1. The van der Waals surface area contributed by atoms with Crippen molar-refractivity contribution in [2.75, 3.05) is 6.61 Å². The van der Waals surface area contributed by atoms with Gasteiger partial charge in [0.15, 0.2) is 6.10 Å². The molecule has 0 amide bonds. The maximum absolute atomic E-state index is 13.8. The third-order valence-corrected chi connectivity index (χ3v) is 7.10. The van der Waals surface area contributed by atoms with Crippen LogP contribution in [0.15, 0.2) is 34.4 Å². The van der Waals surface area contributed by atoms with Gasteiger partial charge in [-0.25, -0.2) is 0 Å². The lowest BCUT2D eigenvalue weighted by molar-refractivity contribution is -0.156. The quantitative estimate of drug-likeness (QED) is 0.318. The summed E-state index contributed by atoms with van der Waals surface area (Å²) >= 11 is 0. The Hall–Kier alpha value is -3.27. The van der Waals surface area contributed by atoms with Crippen LogP contribution in [0.5, 0.6) is 0 Å². The fraction of sp³-hybridized carbons (Fsp3) is 0.607. The number of carbonyl (C=O) groups excluding carboxylic acids is 5. The van der Waals surface area contributed by atoms with E-state index in [1.165, 1.54) is 27.7 Å². The number of rotatable bonds is 5. The monoisotopic (exact) mass is 534 g/mol. The Kier molecular flexibility index (Phi) is 10.2. The van der Waals surface area contributed by atoms with Gasteiger partial charge in [0.2, 0.25) is 5.78 Å². The van der Waals surface area contributed by atoms with Crippen molar-refractivity contribution in [1.82, 2.24) is 0 Å². The van der Waals surface area contributed by atoms with E-state index in [1.807, 2.05) is 13.8 Å². The van der Waals surface area contributed by atoms with Gasteiger partial charge in [0.1, 0.15) is 18.3 Å². The van der Waals surface area contributed by atoms with Gasteiger partial charge < -0.3 is 24.1 Å². The molecular weight excluding hydrogens is 496 g/mol. The molecule has 2 aliphatic carbocycles. The first kappa shape index (κ1) is 31.0. The number of aliphatic hydroxyl groups excluding tert-OH is 1. The molecule has 210 valence electrons. The van der Waals surface area contributed by atoms with Crippen molar-refractivity contribution in [3.8, 4) is 0 Å². The summed E-state index contributed by atoms with van der Waals surface area (Å²) in [7, 11) is 0. The van der Waals surface area contributed by atoms with E-state index in [0.717, 1.165) is 0 Å². The Bertz CT molecular complexity index is 1080. The summed E-state index contributed by atoms with van der Waals surface area (Å²) in [4.78, 5) is 62.0. The standard InChI is InChI=1S/C28H38O10/c1-14-9-10-22(35-16(3)30)20(13-29)11-24(37-18(5)32)21-12-23(36-17(4)31)15(2)25(28(21,7)8)27(26(14)34)38-19(6)33/h9,11,21-24,27,29H,10,12-13H2,1-8H3/b14-9+,20-11+/t21-,22-,23-,24-,27+/m0/s1. The van der Waals surface area contributed by atoms with Gasteiger partial charge in [0.05, 0.1) is 6.61 Å². The summed E-state index contributed by atoms with van der Waals surface area (Å²) in [6.45, 7) is 11.4. The minimum Gasteiger partial charge on any atom is -0.458 e. The maximum Gasteiger partial charge on any atom is 0.303 e. The third-order valence-electron chi connectivity index (χ3n) is 7.10. The van der Waals surface area contributed by atoms with E-state index < -0.39 is 72.0 Å². The Morgan fingerprint density at radius 2 is 1.42 bits per heavy atom. The molecule has 1 N–H and O–H groups in total. The van der Waals surface area contributed by atoms with E-state index in [0.29, 0.717) is 11.1 Å². The van der Waals surface area contributed by atoms with Crippen molar-refractivity contribution < 1.29 is 48.0 Å². The van der Waals surface area contributed by atoms with Gasteiger partial charge in [-0.15, -0.1) is 0 Å². The highest BCUT2D eigenvalue weighted by Gasteiger charge is 2.51. The molecule has 0 unspecified atom stereocenters. The van der Waals surface area contributed by atoms with Crippen LogP contribution in [-0.4, -0.2) is 65.8 Å². The molecule has 0 aromatic rings. The van der Waals surface area contributed by atoms with Gasteiger partial charge in [0, 0.05) is 40.0 Å². The molecule has 0 saturated heterocycles. The number of hydrogen-bond donors (Lipinski definition) is 1. The minimum absolute atomic E-state index is 0.0469. The third kappa shape index (κ3) is 7.18. The predicted octanol–water partition coefficient (Wildman–Crippen LogP) is 2.91. The van der Waals surface area contributed by atoms with Gasteiger partial charge in [-0.3, -0.25) is 24.0 Å². The average Bonchev–Trinajstić information content (AvgIpc) is 2.78. The molecule has 0 aliphatic heterocycles. The van der Waals surface area contributed by atoms with Crippen molar-refractivity contribution in [3.05, 3.63) is 34.4 Å². The van der Waals surface area contributed by atoms with Crippen molar-refractivity contribution in [2.24, 2.45) is 11.3 Å². The largest absolute Gasteiger partial charge is 0.458 e. The van der Waals surface area contributed by atoms with Crippen LogP contribution >= 0.6 is 0 Å². The van der Waals surface area contributed by atoms with Crippen LogP contribution in [0.25, 0.3) is 0 Å². The Balaban J connectivity index is 2.94. The van der Waals surface area contributed by atoms with Crippen LogP contribution in [0.3, 0.4) is 0 Å². The van der Waals surface area contributed by atoms with Crippen LogP contribution < -0.4 is 0 Å². The average molecular weight is 535 g/mol. The zero-order chi connectivity index (χ0) is 28.9. The number of esters is 4. The van der Waals surface area contributed by atoms with Crippen LogP contribution in [0.1, 0.15) is 68.2 Å². The molecule has 10 heteroatoms. The van der Waals surface area contributed by atoms with Crippen molar-refractivity contribution in [3.63, 3.8) is 0 Å². The molecule has 10 nitrogen and oxygen atoms in total. The van der Waals surface area contributed by atoms with E-state index in [4.69, 9.17) is 18.9 Å². The second kappa shape index (κ2) is 12.5. The second-order valence-electron chi connectivity index (χ2n) is 10.3. The highest BCUT2D eigenvalue weighted by Crippen LogP contribution is 2.50. The number of fused-ring (bicyclic) bond motifs is 2. The highest BCUT2D eigenvalue weighted by atomic mass is 16.6. The zero-order valence-electron chi connectivity index (χ0n) is 23.3. The predicted molar refractivity (Wildman–Crippen MR) is 135 cm³/mol. The van der Waals surface area contributed by atoms with E-state index >= 15 is 0 Å². The Morgan fingerprint density at radius 3 is 1.92 bits per heavy atom. The first-order valence-electron chi connectivity index (χ1n) is 12.5. The molecule has 2 rings (SSSR count). The fourth-order valence-electron chi connectivity index (χ4n) is 5.38. The summed E-state index contributed by atoms with van der Waals surface area (Å²) in [5.41, 5.74) is 0.625. The molecule has 0 saturated carbocycles. The molecule has 5 atom stereocenters. The molecule has 0 fully saturated rings. The molecule has 0 radical (unpaired) electrons. The smallest absolute Gasteiger partial charge is 0.303 e. The van der Waals surface area contributed by atoms with Crippen LogP contribution in [0.4, 0.5) is 0 Å². The summed E-state index contributed by atoms with van der Waals surface area (Å²) in [5, 5.41) is 10.2. The van der Waals surface area contributed by atoms with Crippen molar-refractivity contribution in [2.45, 2.75) is 92.6 Å². The lowest BCUT2D eigenvalue weighted by Crippen LogP contribution is -2.49. The fourth-order valence-corrected chi connectivity index (χ4v) is 5.38. The molecule has 0 spiro atoms. The number of carbonyl (C=O) groups is 5. The van der Waals surface area contributed by atoms with E-state index in [-0.39, 0.29) is 24.0 Å². The molecule has 0 aromatic heterocycles. The van der Waals surface area contributed by atoms with Gasteiger partial charge in [-0.05, 0) is 54.1 Å². The molecular formula is C28H38O10. The summed E-state index contributed by atoms with van der Waals surface area (Å²) in [6, 6.07) is 0. The first-order chi connectivity index (χ1) is 17.6. The zero-order valence-corrected chi connectivity index (χ0v) is 23.3. The van der Waals surface area contributed by atoms with E-state index in [1.54, 1.807) is 26.0 Å². The van der Waals surface area contributed by atoms with Gasteiger partial charge in [0.25, 0.3) is 0 Å². The number of ketones is 1. The number of Topliss-reactive ketones (excluding diaryl/α,β-unsaturated/α-hetero) is 1. The SMILES string of the molecule is CC(=O)O[C@H]1C(=O)/C(C)=C/C[C@H](OC(C)=O)/C(CO)=C/[C@H](OC(C)=O)[C@@H]2C[C@H](OC(C)=O)C(C)=C1C2(C)C. The number of hydrogen-bond acceptors (Lipinski definition) is 10. The normalized spacial score (nSPS) is 30.3. The Labute approximate surface area is 223 Å².